The van der Waals surface area contributed by atoms with E-state index in [9.17, 15) is 0 Å². The van der Waals surface area contributed by atoms with E-state index in [0.29, 0.717) is 12.0 Å². The van der Waals surface area contributed by atoms with Crippen LogP contribution in [0.15, 0.2) is 6.20 Å². The lowest BCUT2D eigenvalue weighted by Gasteiger charge is -2.20. The first kappa shape index (κ1) is 12.2. The van der Waals surface area contributed by atoms with Crippen molar-refractivity contribution in [2.45, 2.75) is 46.7 Å². The van der Waals surface area contributed by atoms with Crippen molar-refractivity contribution in [3.63, 3.8) is 0 Å². The number of aromatic nitrogens is 2. The molecule has 0 bridgehead atoms. The van der Waals surface area contributed by atoms with Crippen molar-refractivity contribution >= 4 is 0 Å². The van der Waals surface area contributed by atoms with Crippen molar-refractivity contribution in [1.29, 1.82) is 0 Å². The van der Waals surface area contributed by atoms with E-state index in [1.165, 1.54) is 17.7 Å². The number of hydrogen-bond acceptors (Lipinski definition) is 2. The van der Waals surface area contributed by atoms with Crippen LogP contribution in [0.3, 0.4) is 0 Å². The van der Waals surface area contributed by atoms with Crippen LogP contribution >= 0.6 is 0 Å². The van der Waals surface area contributed by atoms with Crippen molar-refractivity contribution in [2.24, 2.45) is 13.0 Å². The predicted octanol–water partition coefficient (Wildman–Crippen LogP) is 2.25. The standard InChI is InChI=1S/C12H23N3/c1-6-12(9(2)3)13-7-11-8-14-15(5)10(11)4/h8-9,12-13H,6-7H2,1-5H3. The first-order valence-corrected chi connectivity index (χ1v) is 5.77. The van der Waals surface area contributed by atoms with Gasteiger partial charge in [-0.05, 0) is 19.3 Å². The van der Waals surface area contributed by atoms with Gasteiger partial charge in [-0.15, -0.1) is 0 Å². The zero-order valence-corrected chi connectivity index (χ0v) is 10.5. The van der Waals surface area contributed by atoms with Gasteiger partial charge < -0.3 is 5.32 Å². The number of nitrogens with one attached hydrogen (secondary N) is 1. The minimum Gasteiger partial charge on any atom is -0.310 e. The van der Waals surface area contributed by atoms with Crippen LogP contribution in [0, 0.1) is 12.8 Å². The summed E-state index contributed by atoms with van der Waals surface area (Å²) in [5, 5.41) is 7.83. The summed E-state index contributed by atoms with van der Waals surface area (Å²) >= 11 is 0. The Labute approximate surface area is 92.9 Å². The largest absolute Gasteiger partial charge is 0.310 e. The number of aryl methyl sites for hydroxylation is 1. The highest BCUT2D eigenvalue weighted by atomic mass is 15.3. The van der Waals surface area contributed by atoms with E-state index in [1.807, 2.05) is 17.9 Å². The normalized spacial score (nSPS) is 13.5. The van der Waals surface area contributed by atoms with E-state index in [4.69, 9.17) is 0 Å². The van der Waals surface area contributed by atoms with Crippen LogP contribution < -0.4 is 5.32 Å². The monoisotopic (exact) mass is 209 g/mol. The van der Waals surface area contributed by atoms with Gasteiger partial charge in [-0.1, -0.05) is 20.8 Å². The first-order chi connectivity index (χ1) is 7.06. The molecular weight excluding hydrogens is 186 g/mol. The molecule has 0 fully saturated rings. The van der Waals surface area contributed by atoms with Crippen LogP contribution in [0.5, 0.6) is 0 Å². The number of nitrogens with zero attached hydrogens (tertiary/aromatic N) is 2. The molecule has 1 atom stereocenters. The summed E-state index contributed by atoms with van der Waals surface area (Å²) in [7, 11) is 1.98. The molecule has 86 valence electrons. The summed E-state index contributed by atoms with van der Waals surface area (Å²) in [5.74, 6) is 0.687. The quantitative estimate of drug-likeness (QED) is 0.806. The Bertz CT molecular complexity index is 302. The summed E-state index contributed by atoms with van der Waals surface area (Å²) in [6.07, 6.45) is 3.13. The fourth-order valence-electron chi connectivity index (χ4n) is 1.81. The second-order valence-electron chi connectivity index (χ2n) is 4.52. The Balaban J connectivity index is 2.53. The molecule has 15 heavy (non-hydrogen) atoms. The summed E-state index contributed by atoms with van der Waals surface area (Å²) in [6.45, 7) is 9.79. The van der Waals surface area contributed by atoms with Crippen LogP contribution in [-0.2, 0) is 13.6 Å². The van der Waals surface area contributed by atoms with E-state index < -0.39 is 0 Å². The van der Waals surface area contributed by atoms with Crippen LogP contribution in [0.2, 0.25) is 0 Å². The molecule has 1 heterocycles. The van der Waals surface area contributed by atoms with Crippen molar-refractivity contribution in [3.8, 4) is 0 Å². The molecule has 3 heteroatoms. The summed E-state index contributed by atoms with van der Waals surface area (Å²) in [4.78, 5) is 0. The minimum atomic E-state index is 0.601. The highest BCUT2D eigenvalue weighted by Gasteiger charge is 2.11. The third-order valence-corrected chi connectivity index (χ3v) is 3.14. The van der Waals surface area contributed by atoms with E-state index in [2.05, 4.69) is 38.1 Å². The topological polar surface area (TPSA) is 29.9 Å². The molecule has 0 amide bonds. The Morgan fingerprint density at radius 3 is 2.53 bits per heavy atom. The fraction of sp³-hybridized carbons (Fsp3) is 0.750. The van der Waals surface area contributed by atoms with Crippen LogP contribution in [0.25, 0.3) is 0 Å². The average Bonchev–Trinajstić information content (AvgIpc) is 2.49. The summed E-state index contributed by atoms with van der Waals surface area (Å²) < 4.78 is 1.92. The summed E-state index contributed by atoms with van der Waals surface area (Å²) in [6, 6.07) is 0.601. The first-order valence-electron chi connectivity index (χ1n) is 5.77. The number of rotatable bonds is 5. The van der Waals surface area contributed by atoms with Gasteiger partial charge in [-0.25, -0.2) is 0 Å². The molecule has 0 aliphatic carbocycles. The molecule has 3 nitrogen and oxygen atoms in total. The lowest BCUT2D eigenvalue weighted by Crippen LogP contribution is -2.32. The van der Waals surface area contributed by atoms with Crippen LogP contribution in [-0.4, -0.2) is 15.8 Å². The predicted molar refractivity (Wildman–Crippen MR) is 63.7 cm³/mol. The zero-order valence-electron chi connectivity index (χ0n) is 10.5. The van der Waals surface area contributed by atoms with Crippen LogP contribution in [0.4, 0.5) is 0 Å². The molecule has 0 aromatic carbocycles. The van der Waals surface area contributed by atoms with Gasteiger partial charge in [0.15, 0.2) is 0 Å². The second kappa shape index (κ2) is 5.31. The molecule has 1 aromatic heterocycles. The van der Waals surface area contributed by atoms with E-state index >= 15 is 0 Å². The highest BCUT2D eigenvalue weighted by molar-refractivity contribution is 5.15. The number of hydrogen-bond donors (Lipinski definition) is 1. The molecule has 1 unspecified atom stereocenters. The highest BCUT2D eigenvalue weighted by Crippen LogP contribution is 2.09. The molecule has 0 radical (unpaired) electrons. The molecule has 0 saturated heterocycles. The molecule has 0 aliphatic heterocycles. The zero-order chi connectivity index (χ0) is 11.4. The smallest absolute Gasteiger partial charge is 0.0537 e. The fourth-order valence-corrected chi connectivity index (χ4v) is 1.81. The van der Waals surface area contributed by atoms with Crippen molar-refractivity contribution in [2.75, 3.05) is 0 Å². The van der Waals surface area contributed by atoms with E-state index in [1.54, 1.807) is 0 Å². The third-order valence-electron chi connectivity index (χ3n) is 3.14. The molecular formula is C12H23N3. The Morgan fingerprint density at radius 1 is 1.47 bits per heavy atom. The molecule has 1 rings (SSSR count). The SMILES string of the molecule is CCC(NCc1cnn(C)c1C)C(C)C. The second-order valence-corrected chi connectivity index (χ2v) is 4.52. The lowest BCUT2D eigenvalue weighted by atomic mass is 10.0. The van der Waals surface area contributed by atoms with Gasteiger partial charge in [0.2, 0.25) is 0 Å². The minimum absolute atomic E-state index is 0.601. The van der Waals surface area contributed by atoms with Crippen molar-refractivity contribution < 1.29 is 0 Å². The maximum atomic E-state index is 4.24. The Morgan fingerprint density at radius 2 is 2.13 bits per heavy atom. The van der Waals surface area contributed by atoms with Gasteiger partial charge >= 0.3 is 0 Å². The van der Waals surface area contributed by atoms with Crippen molar-refractivity contribution in [1.82, 2.24) is 15.1 Å². The Hall–Kier alpha value is -0.830. The van der Waals surface area contributed by atoms with E-state index in [0.717, 1.165) is 6.54 Å². The maximum Gasteiger partial charge on any atom is 0.0537 e. The van der Waals surface area contributed by atoms with E-state index in [-0.39, 0.29) is 0 Å². The molecule has 1 aromatic rings. The third kappa shape index (κ3) is 3.06. The van der Waals surface area contributed by atoms with Gasteiger partial charge in [0.05, 0.1) is 6.20 Å². The van der Waals surface area contributed by atoms with Crippen molar-refractivity contribution in [3.05, 3.63) is 17.5 Å². The van der Waals surface area contributed by atoms with Gasteiger partial charge in [0.25, 0.3) is 0 Å². The summed E-state index contributed by atoms with van der Waals surface area (Å²) in [5.41, 5.74) is 2.55. The van der Waals surface area contributed by atoms with Crippen LogP contribution in [0.1, 0.15) is 38.4 Å². The average molecular weight is 209 g/mol. The van der Waals surface area contributed by atoms with Gasteiger partial charge in [0.1, 0.15) is 0 Å². The van der Waals surface area contributed by atoms with Gasteiger partial charge in [0, 0.05) is 30.9 Å². The maximum absolute atomic E-state index is 4.24. The molecule has 0 spiro atoms. The molecule has 0 saturated carbocycles. The molecule has 1 N–H and O–H groups in total. The molecule has 0 aliphatic rings. The van der Waals surface area contributed by atoms with Gasteiger partial charge in [-0.2, -0.15) is 5.10 Å². The Kier molecular flexibility index (Phi) is 4.33. The van der Waals surface area contributed by atoms with Gasteiger partial charge in [-0.3, -0.25) is 4.68 Å². The lowest BCUT2D eigenvalue weighted by molar-refractivity contribution is 0.387.